The topological polar surface area (TPSA) is 49.8 Å². The maximum Gasteiger partial charge on any atom is 0.254 e. The van der Waals surface area contributed by atoms with E-state index in [4.69, 9.17) is 4.74 Å². The van der Waals surface area contributed by atoms with Crippen molar-refractivity contribution in [2.45, 2.75) is 19.3 Å². The first kappa shape index (κ1) is 21.0. The highest BCUT2D eigenvalue weighted by atomic mass is 19.1. The Labute approximate surface area is 169 Å². The SMILES string of the molecule is C=CCOc1cccc(C(=O)N2CCC[C@@](CO)(Cc3ccc(F)cc3F)C2)c1. The van der Waals surface area contributed by atoms with Crippen molar-refractivity contribution in [3.8, 4) is 5.75 Å². The van der Waals surface area contributed by atoms with Gasteiger partial charge in [-0.05, 0) is 49.1 Å². The van der Waals surface area contributed by atoms with Gasteiger partial charge in [-0.25, -0.2) is 8.78 Å². The van der Waals surface area contributed by atoms with Gasteiger partial charge < -0.3 is 14.7 Å². The second kappa shape index (κ2) is 9.18. The van der Waals surface area contributed by atoms with E-state index < -0.39 is 17.0 Å². The lowest BCUT2D eigenvalue weighted by Crippen LogP contribution is -2.49. The highest BCUT2D eigenvalue weighted by Crippen LogP contribution is 2.35. The molecule has 1 saturated heterocycles. The van der Waals surface area contributed by atoms with E-state index in [0.717, 1.165) is 6.07 Å². The first-order valence-corrected chi connectivity index (χ1v) is 9.64. The number of piperidine rings is 1. The molecule has 0 bridgehead atoms. The van der Waals surface area contributed by atoms with Crippen LogP contribution < -0.4 is 4.74 Å². The average Bonchev–Trinajstić information content (AvgIpc) is 2.74. The molecule has 6 heteroatoms. The van der Waals surface area contributed by atoms with Crippen molar-refractivity contribution in [3.05, 3.63) is 77.9 Å². The molecule has 1 amide bonds. The van der Waals surface area contributed by atoms with Gasteiger partial charge in [-0.15, -0.1) is 0 Å². The van der Waals surface area contributed by atoms with Crippen molar-refractivity contribution >= 4 is 5.91 Å². The van der Waals surface area contributed by atoms with E-state index >= 15 is 0 Å². The Morgan fingerprint density at radius 3 is 2.83 bits per heavy atom. The maximum absolute atomic E-state index is 14.2. The summed E-state index contributed by atoms with van der Waals surface area (Å²) in [5, 5.41) is 10.1. The zero-order valence-electron chi connectivity index (χ0n) is 16.2. The number of carbonyl (C=O) groups is 1. The minimum absolute atomic E-state index is 0.161. The summed E-state index contributed by atoms with van der Waals surface area (Å²) in [6, 6.07) is 10.4. The first-order chi connectivity index (χ1) is 14.0. The summed E-state index contributed by atoms with van der Waals surface area (Å²) in [6.07, 6.45) is 3.22. The Morgan fingerprint density at radius 1 is 1.28 bits per heavy atom. The van der Waals surface area contributed by atoms with Crippen LogP contribution in [0.5, 0.6) is 5.75 Å². The maximum atomic E-state index is 14.2. The lowest BCUT2D eigenvalue weighted by molar-refractivity contribution is 0.0268. The van der Waals surface area contributed by atoms with Gasteiger partial charge in [0, 0.05) is 30.1 Å². The fraction of sp³-hybridized carbons (Fsp3) is 0.348. The summed E-state index contributed by atoms with van der Waals surface area (Å²) in [4.78, 5) is 14.7. The van der Waals surface area contributed by atoms with Crippen LogP contribution in [0.2, 0.25) is 0 Å². The van der Waals surface area contributed by atoms with E-state index in [1.165, 1.54) is 12.1 Å². The van der Waals surface area contributed by atoms with Crippen LogP contribution in [0.4, 0.5) is 8.78 Å². The smallest absolute Gasteiger partial charge is 0.254 e. The molecule has 0 radical (unpaired) electrons. The molecule has 0 saturated carbocycles. The van der Waals surface area contributed by atoms with Crippen LogP contribution in [-0.4, -0.2) is 42.2 Å². The number of likely N-dealkylation sites (tertiary alicyclic amines) is 1. The molecule has 3 rings (SSSR count). The summed E-state index contributed by atoms with van der Waals surface area (Å²) >= 11 is 0. The van der Waals surface area contributed by atoms with Crippen molar-refractivity contribution in [2.75, 3.05) is 26.3 Å². The normalized spacial score (nSPS) is 19.1. The zero-order valence-corrected chi connectivity index (χ0v) is 16.2. The van der Waals surface area contributed by atoms with Crippen LogP contribution in [0.25, 0.3) is 0 Å². The average molecular weight is 401 g/mol. The molecule has 0 unspecified atom stereocenters. The number of carbonyl (C=O) groups excluding carboxylic acids is 1. The van der Waals surface area contributed by atoms with Gasteiger partial charge in [0.05, 0.1) is 6.61 Å². The Bertz CT molecular complexity index is 886. The van der Waals surface area contributed by atoms with Gasteiger partial charge >= 0.3 is 0 Å². The minimum Gasteiger partial charge on any atom is -0.490 e. The third-order valence-electron chi connectivity index (χ3n) is 5.31. The molecular formula is C23H25F2NO3. The number of halogens is 2. The highest BCUT2D eigenvalue weighted by molar-refractivity contribution is 5.94. The highest BCUT2D eigenvalue weighted by Gasteiger charge is 2.37. The molecular weight excluding hydrogens is 376 g/mol. The number of benzene rings is 2. The minimum atomic E-state index is -0.663. The van der Waals surface area contributed by atoms with Gasteiger partial charge in [-0.2, -0.15) is 0 Å². The van der Waals surface area contributed by atoms with E-state index in [-0.39, 0.29) is 18.9 Å². The lowest BCUT2D eigenvalue weighted by atomic mass is 9.75. The second-order valence-corrected chi connectivity index (χ2v) is 7.53. The number of ether oxygens (including phenoxy) is 1. The van der Waals surface area contributed by atoms with Crippen LogP contribution in [0.1, 0.15) is 28.8 Å². The van der Waals surface area contributed by atoms with Gasteiger partial charge in [0.25, 0.3) is 5.91 Å². The molecule has 1 aliphatic heterocycles. The quantitative estimate of drug-likeness (QED) is 0.714. The van der Waals surface area contributed by atoms with Gasteiger partial charge in [0.15, 0.2) is 0 Å². The van der Waals surface area contributed by atoms with E-state index in [2.05, 4.69) is 6.58 Å². The molecule has 1 N–H and O–H groups in total. The Balaban J connectivity index is 1.77. The van der Waals surface area contributed by atoms with Gasteiger partial charge in [0.1, 0.15) is 24.0 Å². The van der Waals surface area contributed by atoms with Gasteiger partial charge in [-0.1, -0.05) is 24.8 Å². The van der Waals surface area contributed by atoms with Crippen LogP contribution >= 0.6 is 0 Å². The Hall–Kier alpha value is -2.73. The summed E-state index contributed by atoms with van der Waals surface area (Å²) in [6.45, 7) is 4.63. The third-order valence-corrected chi connectivity index (χ3v) is 5.31. The molecule has 0 aliphatic carbocycles. The van der Waals surface area contributed by atoms with E-state index in [9.17, 15) is 18.7 Å². The standard InChI is InChI=1S/C23H25F2NO3/c1-2-11-29-20-6-3-5-17(12-20)22(28)26-10-4-9-23(15-26,16-27)14-18-7-8-19(24)13-21(18)25/h2-3,5-8,12-13,27H,1,4,9-11,14-16H2/t23-/m1/s1. The number of aliphatic hydroxyl groups is 1. The molecule has 154 valence electrons. The largest absolute Gasteiger partial charge is 0.490 e. The van der Waals surface area contributed by atoms with Crippen LogP contribution in [0.3, 0.4) is 0 Å². The summed E-state index contributed by atoms with van der Waals surface area (Å²) in [5.41, 5.74) is 0.173. The van der Waals surface area contributed by atoms with Crippen LogP contribution in [0, 0.1) is 17.0 Å². The molecule has 1 atom stereocenters. The second-order valence-electron chi connectivity index (χ2n) is 7.53. The summed E-state index contributed by atoms with van der Waals surface area (Å²) in [5.74, 6) is -0.850. The predicted molar refractivity (Wildman–Crippen MR) is 107 cm³/mol. The Morgan fingerprint density at radius 2 is 2.10 bits per heavy atom. The first-order valence-electron chi connectivity index (χ1n) is 9.64. The fourth-order valence-electron chi connectivity index (χ4n) is 3.84. The predicted octanol–water partition coefficient (Wildman–Crippen LogP) is 3.99. The van der Waals surface area contributed by atoms with Crippen molar-refractivity contribution in [3.63, 3.8) is 0 Å². The van der Waals surface area contributed by atoms with Crippen LogP contribution in [-0.2, 0) is 6.42 Å². The molecule has 29 heavy (non-hydrogen) atoms. The number of rotatable bonds is 7. The number of hydrogen-bond acceptors (Lipinski definition) is 3. The van der Waals surface area contributed by atoms with E-state index in [0.29, 0.717) is 49.4 Å². The molecule has 0 spiro atoms. The van der Waals surface area contributed by atoms with Crippen molar-refractivity contribution < 1.29 is 23.4 Å². The molecule has 4 nitrogen and oxygen atoms in total. The fourth-order valence-corrected chi connectivity index (χ4v) is 3.84. The monoisotopic (exact) mass is 401 g/mol. The van der Waals surface area contributed by atoms with Gasteiger partial charge in [-0.3, -0.25) is 4.79 Å². The number of hydrogen-bond donors (Lipinski definition) is 1. The van der Waals surface area contributed by atoms with E-state index in [1.807, 2.05) is 0 Å². The van der Waals surface area contributed by atoms with E-state index in [1.54, 1.807) is 35.2 Å². The summed E-state index contributed by atoms with van der Waals surface area (Å²) < 4.78 is 32.9. The molecule has 2 aromatic carbocycles. The molecule has 1 fully saturated rings. The Kier molecular flexibility index (Phi) is 6.64. The molecule has 1 heterocycles. The zero-order chi connectivity index (χ0) is 20.9. The summed E-state index contributed by atoms with van der Waals surface area (Å²) in [7, 11) is 0. The molecule has 2 aromatic rings. The van der Waals surface area contributed by atoms with Crippen molar-refractivity contribution in [1.82, 2.24) is 4.90 Å². The molecule has 0 aromatic heterocycles. The van der Waals surface area contributed by atoms with Crippen LogP contribution in [0.15, 0.2) is 55.1 Å². The number of aliphatic hydroxyl groups excluding tert-OH is 1. The van der Waals surface area contributed by atoms with Crippen molar-refractivity contribution in [2.24, 2.45) is 5.41 Å². The van der Waals surface area contributed by atoms with Crippen molar-refractivity contribution in [1.29, 1.82) is 0 Å². The number of nitrogens with zero attached hydrogens (tertiary/aromatic N) is 1. The lowest BCUT2D eigenvalue weighted by Gasteiger charge is -2.42. The third kappa shape index (κ3) is 5.01. The molecule has 1 aliphatic rings. The number of amides is 1. The van der Waals surface area contributed by atoms with Gasteiger partial charge in [0.2, 0.25) is 0 Å².